The number of carbonyl (C=O) groups excluding carboxylic acids is 2. The summed E-state index contributed by atoms with van der Waals surface area (Å²) in [5.41, 5.74) is 11.2. The van der Waals surface area contributed by atoms with E-state index in [9.17, 15) is 19.7 Å². The maximum Gasteiger partial charge on any atom is 0.349 e. The molecule has 2 aromatic carbocycles. The smallest absolute Gasteiger partial charge is 0.349 e. The Kier molecular flexibility index (Phi) is 6.32. The second-order valence-corrected chi connectivity index (χ2v) is 5.66. The second kappa shape index (κ2) is 8.65. The molecule has 2 aromatic rings. The zero-order valence-corrected chi connectivity index (χ0v) is 14.6. The van der Waals surface area contributed by atoms with Crippen molar-refractivity contribution >= 4 is 29.0 Å². The molecule has 0 heterocycles. The minimum atomic E-state index is -1.02. The van der Waals surface area contributed by atoms with Crippen LogP contribution in [-0.2, 0) is 4.74 Å². The van der Waals surface area contributed by atoms with Gasteiger partial charge in [0.05, 0.1) is 22.8 Å². The molecular weight excluding hydrogens is 354 g/mol. The van der Waals surface area contributed by atoms with Crippen molar-refractivity contribution in [3.63, 3.8) is 0 Å². The van der Waals surface area contributed by atoms with Crippen molar-refractivity contribution in [3.05, 3.63) is 57.6 Å². The first-order valence-electron chi connectivity index (χ1n) is 8.16. The van der Waals surface area contributed by atoms with E-state index in [1.807, 2.05) is 6.92 Å². The largest absolute Gasteiger partial charge is 0.493 e. The zero-order valence-electron chi connectivity index (χ0n) is 14.6. The Morgan fingerprint density at radius 1 is 1.07 bits per heavy atom. The molecule has 27 heavy (non-hydrogen) atoms. The number of nitrogens with two attached hydrogens (primary N) is 2. The molecule has 0 aromatic heterocycles. The van der Waals surface area contributed by atoms with E-state index in [0.717, 1.165) is 31.0 Å². The molecule has 0 spiro atoms. The van der Waals surface area contributed by atoms with Gasteiger partial charge in [-0.05, 0) is 24.6 Å². The lowest BCUT2D eigenvalue weighted by Crippen LogP contribution is -2.16. The molecule has 9 nitrogen and oxygen atoms in total. The number of anilines is 2. The van der Waals surface area contributed by atoms with Gasteiger partial charge in [-0.1, -0.05) is 13.3 Å². The van der Waals surface area contributed by atoms with Gasteiger partial charge in [0.2, 0.25) is 0 Å². The van der Waals surface area contributed by atoms with Gasteiger partial charge in [-0.2, -0.15) is 0 Å². The molecule has 142 valence electrons. The molecule has 0 radical (unpaired) electrons. The average Bonchev–Trinajstić information content (AvgIpc) is 2.61. The molecule has 0 unspecified atom stereocenters. The van der Waals surface area contributed by atoms with E-state index < -0.39 is 16.9 Å². The monoisotopic (exact) mass is 373 g/mol. The van der Waals surface area contributed by atoms with Crippen LogP contribution >= 0.6 is 0 Å². The molecule has 0 amide bonds. The van der Waals surface area contributed by atoms with E-state index >= 15 is 0 Å². The summed E-state index contributed by atoms with van der Waals surface area (Å²) in [4.78, 5) is 34.7. The standard InChI is InChI=1S/C18H19N3O6/c1-2-3-8-26-16-9-11(19)4-6-14(16)18(23)27-17(22)13-7-5-12(21(24)25)10-15(13)20/h4-7,9-10H,2-3,8,19-20H2,1H3. The van der Waals surface area contributed by atoms with Crippen molar-refractivity contribution in [3.8, 4) is 5.75 Å². The molecule has 0 fully saturated rings. The lowest BCUT2D eigenvalue weighted by Gasteiger charge is -2.11. The number of non-ortho nitro benzene ring substituents is 1. The van der Waals surface area contributed by atoms with E-state index in [4.69, 9.17) is 20.9 Å². The van der Waals surface area contributed by atoms with Crippen molar-refractivity contribution in [1.82, 2.24) is 0 Å². The van der Waals surface area contributed by atoms with Crippen molar-refractivity contribution in [2.75, 3.05) is 18.1 Å². The van der Waals surface area contributed by atoms with Gasteiger partial charge in [-0.3, -0.25) is 10.1 Å². The van der Waals surface area contributed by atoms with Crippen LogP contribution in [-0.4, -0.2) is 23.5 Å². The highest BCUT2D eigenvalue weighted by Gasteiger charge is 2.22. The van der Waals surface area contributed by atoms with Gasteiger partial charge in [0.25, 0.3) is 5.69 Å². The van der Waals surface area contributed by atoms with E-state index in [1.54, 1.807) is 0 Å². The summed E-state index contributed by atoms with van der Waals surface area (Å²) in [5, 5.41) is 10.7. The number of esters is 2. The number of ether oxygens (including phenoxy) is 2. The number of nitro benzene ring substituents is 1. The van der Waals surface area contributed by atoms with Crippen molar-refractivity contribution in [1.29, 1.82) is 0 Å². The van der Waals surface area contributed by atoms with E-state index in [-0.39, 0.29) is 28.3 Å². The maximum absolute atomic E-state index is 12.4. The summed E-state index contributed by atoms with van der Waals surface area (Å²) in [6.45, 7) is 2.37. The van der Waals surface area contributed by atoms with E-state index in [2.05, 4.69) is 0 Å². The fraction of sp³-hybridized carbons (Fsp3) is 0.222. The Bertz CT molecular complexity index is 881. The Morgan fingerprint density at radius 2 is 1.74 bits per heavy atom. The maximum atomic E-state index is 12.4. The molecule has 0 aliphatic heterocycles. The predicted octanol–water partition coefficient (Wildman–Crippen LogP) is 2.94. The quantitative estimate of drug-likeness (QED) is 0.188. The summed E-state index contributed by atoms with van der Waals surface area (Å²) in [5.74, 6) is -1.76. The van der Waals surface area contributed by atoms with Gasteiger partial charge >= 0.3 is 11.9 Å². The molecule has 2 rings (SSSR count). The summed E-state index contributed by atoms with van der Waals surface area (Å²) in [7, 11) is 0. The number of rotatable bonds is 7. The van der Waals surface area contributed by atoms with Gasteiger partial charge in [0.1, 0.15) is 11.3 Å². The summed E-state index contributed by atoms with van der Waals surface area (Å²) in [6, 6.07) is 7.59. The van der Waals surface area contributed by atoms with E-state index in [1.165, 1.54) is 18.2 Å². The summed E-state index contributed by atoms with van der Waals surface area (Å²) in [6.07, 6.45) is 1.68. The van der Waals surface area contributed by atoms with Gasteiger partial charge in [-0.15, -0.1) is 0 Å². The second-order valence-electron chi connectivity index (χ2n) is 5.66. The van der Waals surface area contributed by atoms with Crippen LogP contribution in [0.4, 0.5) is 17.1 Å². The molecule has 4 N–H and O–H groups in total. The topological polar surface area (TPSA) is 148 Å². The molecule has 0 aliphatic carbocycles. The Balaban J connectivity index is 2.19. The fourth-order valence-electron chi connectivity index (χ4n) is 2.20. The van der Waals surface area contributed by atoms with Gasteiger partial charge in [0, 0.05) is 23.9 Å². The van der Waals surface area contributed by atoms with Crippen molar-refractivity contribution < 1.29 is 24.0 Å². The molecule has 9 heteroatoms. The number of hydrogen-bond donors (Lipinski definition) is 2. The van der Waals surface area contributed by atoms with Gasteiger partial charge in [0.15, 0.2) is 0 Å². The minimum absolute atomic E-state index is 0.0362. The normalized spacial score (nSPS) is 10.3. The molecule has 0 aliphatic rings. The van der Waals surface area contributed by atoms with E-state index in [0.29, 0.717) is 12.3 Å². The first-order chi connectivity index (χ1) is 12.8. The Morgan fingerprint density at radius 3 is 2.37 bits per heavy atom. The third-order valence-electron chi connectivity index (χ3n) is 3.63. The first kappa shape index (κ1) is 19.7. The number of carbonyl (C=O) groups is 2. The third kappa shape index (κ3) is 4.94. The summed E-state index contributed by atoms with van der Waals surface area (Å²) < 4.78 is 10.4. The van der Waals surface area contributed by atoms with Crippen molar-refractivity contribution in [2.45, 2.75) is 19.8 Å². The molecule has 0 saturated heterocycles. The molecular formula is C18H19N3O6. The number of benzene rings is 2. The highest BCUT2D eigenvalue weighted by Crippen LogP contribution is 2.25. The first-order valence-corrected chi connectivity index (χ1v) is 8.16. The van der Waals surface area contributed by atoms with Crippen LogP contribution in [0.3, 0.4) is 0 Å². The number of nitro groups is 1. The highest BCUT2D eigenvalue weighted by molar-refractivity contribution is 6.06. The lowest BCUT2D eigenvalue weighted by atomic mass is 10.1. The van der Waals surface area contributed by atoms with Crippen LogP contribution in [0.15, 0.2) is 36.4 Å². The minimum Gasteiger partial charge on any atom is -0.493 e. The van der Waals surface area contributed by atoms with Crippen LogP contribution in [0.25, 0.3) is 0 Å². The number of unbranched alkanes of at least 4 members (excludes halogenated alkanes) is 1. The van der Waals surface area contributed by atoms with Crippen LogP contribution in [0.1, 0.15) is 40.5 Å². The third-order valence-corrected chi connectivity index (χ3v) is 3.63. The van der Waals surface area contributed by atoms with Crippen LogP contribution in [0.5, 0.6) is 5.75 Å². The summed E-state index contributed by atoms with van der Waals surface area (Å²) >= 11 is 0. The lowest BCUT2D eigenvalue weighted by molar-refractivity contribution is -0.384. The zero-order chi connectivity index (χ0) is 20.0. The number of nitrogens with zero attached hydrogens (tertiary/aromatic N) is 1. The highest BCUT2D eigenvalue weighted by atomic mass is 16.6. The Hall–Kier alpha value is -3.62. The Labute approximate surface area is 155 Å². The molecule has 0 saturated carbocycles. The SMILES string of the molecule is CCCCOc1cc(N)ccc1C(=O)OC(=O)c1ccc([N+](=O)[O-])cc1N. The van der Waals surface area contributed by atoms with Crippen LogP contribution in [0, 0.1) is 10.1 Å². The molecule has 0 bridgehead atoms. The number of nitrogen functional groups attached to an aromatic ring is 2. The van der Waals surface area contributed by atoms with Gasteiger partial charge in [-0.25, -0.2) is 9.59 Å². The predicted molar refractivity (Wildman–Crippen MR) is 98.5 cm³/mol. The number of hydrogen-bond acceptors (Lipinski definition) is 8. The fourth-order valence-corrected chi connectivity index (χ4v) is 2.20. The average molecular weight is 373 g/mol. The molecule has 0 atom stereocenters. The van der Waals surface area contributed by atoms with Crippen LogP contribution in [0.2, 0.25) is 0 Å². The van der Waals surface area contributed by atoms with Gasteiger partial charge < -0.3 is 20.9 Å². The van der Waals surface area contributed by atoms with Crippen molar-refractivity contribution in [2.24, 2.45) is 0 Å². The van der Waals surface area contributed by atoms with Crippen LogP contribution < -0.4 is 16.2 Å².